The third kappa shape index (κ3) is 2.25. The molecule has 1 aromatic heterocycles. The van der Waals surface area contributed by atoms with Gasteiger partial charge in [0.1, 0.15) is 11.6 Å². The van der Waals surface area contributed by atoms with Gasteiger partial charge in [-0.1, -0.05) is 6.07 Å². The zero-order valence-corrected chi connectivity index (χ0v) is 9.26. The minimum Gasteiger partial charge on any atom is -0.365 e. The summed E-state index contributed by atoms with van der Waals surface area (Å²) in [7, 11) is 0. The topological polar surface area (TPSA) is 32.9 Å². The van der Waals surface area contributed by atoms with E-state index in [0.29, 0.717) is 11.3 Å². The van der Waals surface area contributed by atoms with Gasteiger partial charge in [-0.25, -0.2) is 8.78 Å². The summed E-state index contributed by atoms with van der Waals surface area (Å²) in [6, 6.07) is 5.02. The van der Waals surface area contributed by atoms with E-state index < -0.39 is 11.6 Å². The summed E-state index contributed by atoms with van der Waals surface area (Å²) in [6.07, 6.45) is 1.47. The molecule has 2 rings (SSSR count). The minimum atomic E-state index is -0.632. The molecule has 0 spiro atoms. The van der Waals surface area contributed by atoms with Gasteiger partial charge >= 0.3 is 0 Å². The molecule has 0 unspecified atom stereocenters. The molecule has 0 aliphatic heterocycles. The first-order valence-electron chi connectivity index (χ1n) is 5.19. The second-order valence-electron chi connectivity index (χ2n) is 3.82. The van der Waals surface area contributed by atoms with E-state index in [1.54, 1.807) is 6.92 Å². The van der Waals surface area contributed by atoms with Crippen LogP contribution in [0.4, 0.5) is 8.78 Å². The SMILES string of the molecule is Cc1[nH]ccc(=O)c1Cc1c(F)cccc1F. The first kappa shape index (κ1) is 11.5. The first-order chi connectivity index (χ1) is 8.09. The Balaban J connectivity index is 2.49. The van der Waals surface area contributed by atoms with Crippen LogP contribution < -0.4 is 5.43 Å². The van der Waals surface area contributed by atoms with Gasteiger partial charge < -0.3 is 4.98 Å². The zero-order valence-electron chi connectivity index (χ0n) is 9.26. The fraction of sp³-hybridized carbons (Fsp3) is 0.154. The van der Waals surface area contributed by atoms with Crippen molar-refractivity contribution in [3.63, 3.8) is 0 Å². The largest absolute Gasteiger partial charge is 0.365 e. The smallest absolute Gasteiger partial charge is 0.185 e. The van der Waals surface area contributed by atoms with Crippen molar-refractivity contribution in [2.24, 2.45) is 0 Å². The number of hydrogen-bond acceptors (Lipinski definition) is 1. The Bertz CT molecular complexity index is 584. The Morgan fingerprint density at radius 2 is 1.76 bits per heavy atom. The lowest BCUT2D eigenvalue weighted by atomic mass is 10.0. The number of pyridine rings is 1. The van der Waals surface area contributed by atoms with Crippen LogP contribution in [0.5, 0.6) is 0 Å². The van der Waals surface area contributed by atoms with Crippen molar-refractivity contribution in [1.29, 1.82) is 0 Å². The van der Waals surface area contributed by atoms with E-state index in [9.17, 15) is 13.6 Å². The Hall–Kier alpha value is -1.97. The van der Waals surface area contributed by atoms with Crippen LogP contribution in [-0.2, 0) is 6.42 Å². The number of nitrogens with one attached hydrogen (secondary N) is 1. The number of aromatic nitrogens is 1. The van der Waals surface area contributed by atoms with Crippen LogP contribution in [0.2, 0.25) is 0 Å². The third-order valence-electron chi connectivity index (χ3n) is 2.70. The number of rotatable bonds is 2. The Kier molecular flexibility index (Phi) is 3.04. The maximum absolute atomic E-state index is 13.4. The zero-order chi connectivity index (χ0) is 12.4. The Morgan fingerprint density at radius 3 is 2.35 bits per heavy atom. The van der Waals surface area contributed by atoms with Crippen molar-refractivity contribution < 1.29 is 8.78 Å². The van der Waals surface area contributed by atoms with Crippen LogP contribution in [0.25, 0.3) is 0 Å². The summed E-state index contributed by atoms with van der Waals surface area (Å²) >= 11 is 0. The molecule has 0 fully saturated rings. The molecule has 0 aliphatic rings. The van der Waals surface area contributed by atoms with E-state index in [4.69, 9.17) is 0 Å². The van der Waals surface area contributed by atoms with Gasteiger partial charge in [0, 0.05) is 35.5 Å². The van der Waals surface area contributed by atoms with E-state index in [0.717, 1.165) is 0 Å². The van der Waals surface area contributed by atoms with Crippen molar-refractivity contribution in [1.82, 2.24) is 4.98 Å². The van der Waals surface area contributed by atoms with Gasteiger partial charge in [-0.15, -0.1) is 0 Å². The number of benzene rings is 1. The molecule has 4 heteroatoms. The predicted octanol–water partition coefficient (Wildman–Crippen LogP) is 2.55. The van der Waals surface area contributed by atoms with Gasteiger partial charge in [0.25, 0.3) is 0 Å². The van der Waals surface area contributed by atoms with Crippen LogP contribution in [0, 0.1) is 18.6 Å². The summed E-state index contributed by atoms with van der Waals surface area (Å²) in [5, 5.41) is 0. The summed E-state index contributed by atoms with van der Waals surface area (Å²) in [6.45, 7) is 1.70. The molecule has 1 heterocycles. The number of H-pyrrole nitrogens is 1. The molecule has 2 aromatic rings. The van der Waals surface area contributed by atoms with Crippen LogP contribution in [0.1, 0.15) is 16.8 Å². The van der Waals surface area contributed by atoms with E-state index in [2.05, 4.69) is 4.98 Å². The van der Waals surface area contributed by atoms with E-state index in [1.165, 1.54) is 30.5 Å². The van der Waals surface area contributed by atoms with Gasteiger partial charge in [0.15, 0.2) is 5.43 Å². The Morgan fingerprint density at radius 1 is 1.12 bits per heavy atom. The van der Waals surface area contributed by atoms with Crippen LogP contribution in [0.3, 0.4) is 0 Å². The van der Waals surface area contributed by atoms with Crippen molar-refractivity contribution in [2.75, 3.05) is 0 Å². The third-order valence-corrected chi connectivity index (χ3v) is 2.70. The van der Waals surface area contributed by atoms with Crippen LogP contribution in [0.15, 0.2) is 35.3 Å². The van der Waals surface area contributed by atoms with Crippen molar-refractivity contribution in [2.45, 2.75) is 13.3 Å². The maximum Gasteiger partial charge on any atom is 0.185 e. The number of aromatic amines is 1. The monoisotopic (exact) mass is 235 g/mol. The van der Waals surface area contributed by atoms with Crippen molar-refractivity contribution in [3.05, 3.63) is 69.1 Å². The van der Waals surface area contributed by atoms with Gasteiger partial charge in [-0.3, -0.25) is 4.79 Å². The molecule has 0 amide bonds. The molecule has 88 valence electrons. The minimum absolute atomic E-state index is 0.0412. The summed E-state index contributed by atoms with van der Waals surface area (Å²) in [5.41, 5.74) is 0.716. The maximum atomic E-state index is 13.4. The summed E-state index contributed by atoms with van der Waals surface area (Å²) in [4.78, 5) is 14.5. The number of halogens is 2. The second kappa shape index (κ2) is 4.49. The number of aryl methyl sites for hydroxylation is 1. The van der Waals surface area contributed by atoms with E-state index in [1.807, 2.05) is 0 Å². The number of hydrogen-bond donors (Lipinski definition) is 1. The second-order valence-corrected chi connectivity index (χ2v) is 3.82. The average Bonchev–Trinajstić information content (AvgIpc) is 2.27. The normalized spacial score (nSPS) is 10.5. The lowest BCUT2D eigenvalue weighted by Crippen LogP contribution is -2.12. The fourth-order valence-electron chi connectivity index (χ4n) is 1.71. The molecule has 17 heavy (non-hydrogen) atoms. The standard InChI is InChI=1S/C13H11F2NO/c1-8-9(13(17)5-6-16-8)7-10-11(14)3-2-4-12(10)15/h2-6H,7H2,1H3,(H,16,17). The molecule has 0 saturated heterocycles. The van der Waals surface area contributed by atoms with Crippen molar-refractivity contribution in [3.8, 4) is 0 Å². The molecular weight excluding hydrogens is 224 g/mol. The predicted molar refractivity (Wildman–Crippen MR) is 61.0 cm³/mol. The molecule has 1 N–H and O–H groups in total. The van der Waals surface area contributed by atoms with Crippen LogP contribution in [-0.4, -0.2) is 4.98 Å². The molecule has 2 nitrogen and oxygen atoms in total. The van der Waals surface area contributed by atoms with E-state index >= 15 is 0 Å². The lowest BCUT2D eigenvalue weighted by molar-refractivity contribution is 0.561. The van der Waals surface area contributed by atoms with Crippen molar-refractivity contribution >= 4 is 0 Å². The highest BCUT2D eigenvalue weighted by Gasteiger charge is 2.12. The van der Waals surface area contributed by atoms with Gasteiger partial charge in [0.2, 0.25) is 0 Å². The fourth-order valence-corrected chi connectivity index (χ4v) is 1.71. The summed E-state index contributed by atoms with van der Waals surface area (Å²) in [5.74, 6) is -1.26. The highest BCUT2D eigenvalue weighted by atomic mass is 19.1. The molecule has 0 atom stereocenters. The summed E-state index contributed by atoms with van der Waals surface area (Å²) < 4.78 is 26.9. The van der Waals surface area contributed by atoms with Crippen LogP contribution >= 0.6 is 0 Å². The average molecular weight is 235 g/mol. The van der Waals surface area contributed by atoms with E-state index in [-0.39, 0.29) is 17.4 Å². The molecular formula is C13H11F2NO. The Labute approximate surface area is 96.9 Å². The van der Waals surface area contributed by atoms with Gasteiger partial charge in [-0.05, 0) is 19.1 Å². The molecule has 1 aromatic carbocycles. The highest BCUT2D eigenvalue weighted by molar-refractivity contribution is 5.30. The lowest BCUT2D eigenvalue weighted by Gasteiger charge is -2.06. The first-order valence-corrected chi connectivity index (χ1v) is 5.19. The molecule has 0 aliphatic carbocycles. The molecule has 0 bridgehead atoms. The highest BCUT2D eigenvalue weighted by Crippen LogP contribution is 2.16. The molecule has 0 saturated carbocycles. The van der Waals surface area contributed by atoms with Gasteiger partial charge in [0.05, 0.1) is 0 Å². The molecule has 0 radical (unpaired) electrons. The quantitative estimate of drug-likeness (QED) is 0.852. The van der Waals surface area contributed by atoms with Gasteiger partial charge in [-0.2, -0.15) is 0 Å².